The maximum absolute atomic E-state index is 13.8. The number of likely N-dealkylation sites (tertiary alicyclic amines) is 1. The van der Waals surface area contributed by atoms with Gasteiger partial charge >= 0.3 is 0 Å². The number of thioether (sulfide) groups is 1. The summed E-state index contributed by atoms with van der Waals surface area (Å²) in [7, 11) is 1.57. The molecule has 0 radical (unpaired) electrons. The highest BCUT2D eigenvalue weighted by atomic mass is 32.2. The Kier molecular flexibility index (Phi) is 6.70. The lowest BCUT2D eigenvalue weighted by Crippen LogP contribution is -2.54. The first-order valence-electron chi connectivity index (χ1n) is 12.3. The number of aliphatic hydroxyl groups excluding tert-OH is 1. The summed E-state index contributed by atoms with van der Waals surface area (Å²) in [6.07, 6.45) is 1.45. The van der Waals surface area contributed by atoms with Gasteiger partial charge in [-0.15, -0.1) is 11.8 Å². The molecule has 1 spiro atoms. The van der Waals surface area contributed by atoms with E-state index in [1.807, 2.05) is 30.3 Å². The Bertz CT molecular complexity index is 1140. The van der Waals surface area contributed by atoms with Crippen molar-refractivity contribution < 1.29 is 24.2 Å². The molecule has 36 heavy (non-hydrogen) atoms. The third kappa shape index (κ3) is 4.04. The lowest BCUT2D eigenvalue weighted by Gasteiger charge is -2.36. The number of carbonyl (C=O) groups is 3. The van der Waals surface area contributed by atoms with E-state index in [1.54, 1.807) is 50.1 Å². The number of fused-ring (bicyclic) bond motifs is 1. The quantitative estimate of drug-likeness (QED) is 0.505. The van der Waals surface area contributed by atoms with Crippen LogP contribution in [-0.4, -0.2) is 63.5 Å². The predicted octanol–water partition coefficient (Wildman–Crippen LogP) is 2.42. The summed E-state index contributed by atoms with van der Waals surface area (Å²) in [6, 6.07) is 15.4. The molecule has 3 saturated heterocycles. The smallest absolute Gasteiger partial charge is 0.248 e. The first kappa shape index (κ1) is 24.6. The highest BCUT2D eigenvalue weighted by Gasteiger charge is 2.74. The van der Waals surface area contributed by atoms with Gasteiger partial charge in [0.25, 0.3) is 0 Å². The van der Waals surface area contributed by atoms with Gasteiger partial charge in [-0.1, -0.05) is 30.3 Å². The molecule has 2 bridgehead atoms. The third-order valence-electron chi connectivity index (χ3n) is 7.70. The number of amides is 3. The molecule has 9 heteroatoms. The first-order valence-corrected chi connectivity index (χ1v) is 13.1. The van der Waals surface area contributed by atoms with E-state index in [0.717, 1.165) is 12.0 Å². The van der Waals surface area contributed by atoms with E-state index in [9.17, 15) is 19.5 Å². The minimum Gasteiger partial charge on any atom is -0.497 e. The van der Waals surface area contributed by atoms with Gasteiger partial charge in [-0.25, -0.2) is 0 Å². The number of rotatable bonds is 8. The number of anilines is 1. The number of carbonyl (C=O) groups excluding carboxylic acids is 3. The molecule has 3 N–H and O–H groups in total. The van der Waals surface area contributed by atoms with Gasteiger partial charge in [0, 0.05) is 17.5 Å². The molecule has 3 amide bonds. The molecule has 0 aromatic heterocycles. The van der Waals surface area contributed by atoms with E-state index in [4.69, 9.17) is 4.74 Å². The molecule has 0 aliphatic carbocycles. The Morgan fingerprint density at radius 2 is 1.89 bits per heavy atom. The molecule has 3 aliphatic heterocycles. The van der Waals surface area contributed by atoms with Crippen molar-refractivity contribution in [3.05, 3.63) is 60.2 Å². The van der Waals surface area contributed by atoms with Gasteiger partial charge < -0.3 is 25.4 Å². The van der Waals surface area contributed by atoms with Crippen molar-refractivity contribution in [2.24, 2.45) is 11.8 Å². The van der Waals surface area contributed by atoms with E-state index < -0.39 is 28.7 Å². The van der Waals surface area contributed by atoms with E-state index in [0.29, 0.717) is 24.4 Å². The molecular formula is C27H31N3O5S. The van der Waals surface area contributed by atoms with Gasteiger partial charge in [0.15, 0.2) is 0 Å². The average Bonchev–Trinajstić information content (AvgIpc) is 3.55. The zero-order valence-corrected chi connectivity index (χ0v) is 21.2. The summed E-state index contributed by atoms with van der Waals surface area (Å²) < 4.78 is 4.50. The second kappa shape index (κ2) is 9.78. The molecule has 6 atom stereocenters. The highest BCUT2D eigenvalue weighted by molar-refractivity contribution is 8.02. The molecule has 5 rings (SSSR count). The van der Waals surface area contributed by atoms with Crippen LogP contribution in [0.25, 0.3) is 0 Å². The number of aliphatic hydroxyl groups is 1. The summed E-state index contributed by atoms with van der Waals surface area (Å²) >= 11 is 1.61. The van der Waals surface area contributed by atoms with Gasteiger partial charge in [0.1, 0.15) is 11.8 Å². The number of nitrogens with one attached hydrogen (secondary N) is 2. The normalized spacial score (nSPS) is 29.1. The summed E-state index contributed by atoms with van der Waals surface area (Å²) in [5, 5.41) is 15.9. The molecule has 2 unspecified atom stereocenters. The van der Waals surface area contributed by atoms with Gasteiger partial charge in [-0.05, 0) is 49.6 Å². The monoisotopic (exact) mass is 509 g/mol. The van der Waals surface area contributed by atoms with Gasteiger partial charge in [-0.2, -0.15) is 0 Å². The van der Waals surface area contributed by atoms with Crippen molar-refractivity contribution in [3.63, 3.8) is 0 Å². The van der Waals surface area contributed by atoms with Crippen molar-refractivity contribution in [2.45, 2.75) is 48.4 Å². The average molecular weight is 510 g/mol. The summed E-state index contributed by atoms with van der Waals surface area (Å²) in [5.41, 5.74) is 1.58. The van der Waals surface area contributed by atoms with Crippen molar-refractivity contribution >= 4 is 35.2 Å². The molecule has 2 aromatic carbocycles. The minimum atomic E-state index is -0.777. The van der Waals surface area contributed by atoms with Gasteiger partial charge in [0.05, 0.1) is 36.3 Å². The zero-order chi connectivity index (χ0) is 25.4. The number of hydrogen-bond acceptors (Lipinski definition) is 6. The molecule has 0 saturated carbocycles. The van der Waals surface area contributed by atoms with Crippen LogP contribution < -0.4 is 15.4 Å². The standard InChI is InChI=1S/C27H31N3O5S/c1-16(15-31)30-23(25(33)29-18-8-10-19(35-2)11-9-18)27-13-12-20(36-27)21(22(27)26(30)34)24(32)28-14-17-6-4-3-5-7-17/h3-11,16,20-23,31H,12-15H2,1-2H3,(H,28,32)(H,29,33)/t16-,20-,21+,22+,23?,27?/m1/s1. The lowest BCUT2D eigenvalue weighted by atomic mass is 9.70. The summed E-state index contributed by atoms with van der Waals surface area (Å²) in [4.78, 5) is 42.5. The van der Waals surface area contributed by atoms with Crippen LogP contribution >= 0.6 is 11.8 Å². The fourth-order valence-corrected chi connectivity index (χ4v) is 8.25. The van der Waals surface area contributed by atoms with Crippen LogP contribution in [0.2, 0.25) is 0 Å². The van der Waals surface area contributed by atoms with Crippen LogP contribution in [0.4, 0.5) is 5.69 Å². The fourth-order valence-electron chi connectivity index (χ4n) is 6.04. The minimum absolute atomic E-state index is 0.0161. The Morgan fingerprint density at radius 1 is 1.17 bits per heavy atom. The fraction of sp³-hybridized carbons (Fsp3) is 0.444. The SMILES string of the molecule is COc1ccc(NC(=O)C2N([C@H](C)CO)C(=O)[C@@H]3[C@@H](C(=O)NCc4ccccc4)[C@H]4CCC23S4)cc1. The molecule has 190 valence electrons. The Labute approximate surface area is 214 Å². The lowest BCUT2D eigenvalue weighted by molar-refractivity contribution is -0.141. The van der Waals surface area contributed by atoms with Crippen molar-refractivity contribution in [3.8, 4) is 5.75 Å². The second-order valence-corrected chi connectivity index (χ2v) is 11.4. The van der Waals surface area contributed by atoms with Crippen molar-refractivity contribution in [1.29, 1.82) is 0 Å². The van der Waals surface area contributed by atoms with Crippen LogP contribution in [0.3, 0.4) is 0 Å². The number of hydrogen-bond donors (Lipinski definition) is 3. The van der Waals surface area contributed by atoms with Gasteiger partial charge in [-0.3, -0.25) is 14.4 Å². The third-order valence-corrected chi connectivity index (χ3v) is 9.65. The Morgan fingerprint density at radius 3 is 2.56 bits per heavy atom. The maximum Gasteiger partial charge on any atom is 0.248 e. The van der Waals surface area contributed by atoms with Crippen LogP contribution in [0.5, 0.6) is 5.75 Å². The van der Waals surface area contributed by atoms with Crippen LogP contribution in [0.15, 0.2) is 54.6 Å². The van der Waals surface area contributed by atoms with Crippen LogP contribution in [0.1, 0.15) is 25.3 Å². The Hall–Kier alpha value is -3.04. The molecule has 8 nitrogen and oxygen atoms in total. The number of methoxy groups -OCH3 is 1. The first-order chi connectivity index (χ1) is 17.4. The number of ether oxygens (including phenoxy) is 1. The second-order valence-electron chi connectivity index (χ2n) is 9.75. The topological polar surface area (TPSA) is 108 Å². The highest BCUT2D eigenvalue weighted by Crippen LogP contribution is 2.66. The number of benzene rings is 2. The molecule has 3 heterocycles. The van der Waals surface area contributed by atoms with E-state index >= 15 is 0 Å². The maximum atomic E-state index is 13.8. The zero-order valence-electron chi connectivity index (χ0n) is 20.3. The van der Waals surface area contributed by atoms with Crippen molar-refractivity contribution in [1.82, 2.24) is 10.2 Å². The van der Waals surface area contributed by atoms with Gasteiger partial charge in [0.2, 0.25) is 17.7 Å². The molecule has 3 fully saturated rings. The largest absolute Gasteiger partial charge is 0.497 e. The molecule has 2 aromatic rings. The van der Waals surface area contributed by atoms with E-state index in [1.165, 1.54) is 4.90 Å². The summed E-state index contributed by atoms with van der Waals surface area (Å²) in [5.74, 6) is -1.10. The van der Waals surface area contributed by atoms with Crippen molar-refractivity contribution in [2.75, 3.05) is 19.0 Å². The predicted molar refractivity (Wildman–Crippen MR) is 137 cm³/mol. The van der Waals surface area contributed by atoms with Crippen LogP contribution in [0, 0.1) is 11.8 Å². The summed E-state index contributed by atoms with van der Waals surface area (Å²) in [6.45, 7) is 1.87. The number of nitrogens with zero attached hydrogens (tertiary/aromatic N) is 1. The van der Waals surface area contributed by atoms with Crippen LogP contribution in [-0.2, 0) is 20.9 Å². The Balaban J connectivity index is 1.42. The van der Waals surface area contributed by atoms with E-state index in [2.05, 4.69) is 10.6 Å². The molecular weight excluding hydrogens is 478 g/mol. The molecule has 3 aliphatic rings. The van der Waals surface area contributed by atoms with E-state index in [-0.39, 0.29) is 29.6 Å².